The molecule has 0 unspecified atom stereocenters. The zero-order valence-electron chi connectivity index (χ0n) is 7.95. The molecule has 0 saturated heterocycles. The number of carbonyl (C=O) groups is 1. The number of carboxylic acids is 1. The van der Waals surface area contributed by atoms with E-state index in [1.165, 1.54) is 5.56 Å². The summed E-state index contributed by atoms with van der Waals surface area (Å²) in [4.78, 5) is 15.0. The maximum atomic E-state index is 10.8. The second-order valence-corrected chi connectivity index (χ2v) is 3.33. The Morgan fingerprint density at radius 2 is 2.36 bits per heavy atom. The van der Waals surface area contributed by atoms with Gasteiger partial charge in [0.15, 0.2) is 0 Å². The predicted molar refractivity (Wildman–Crippen MR) is 54.1 cm³/mol. The van der Waals surface area contributed by atoms with Crippen LogP contribution >= 0.6 is 0 Å². The number of fused-ring (bicyclic) bond motifs is 1. The van der Waals surface area contributed by atoms with Crippen LogP contribution in [0.25, 0.3) is 0 Å². The summed E-state index contributed by atoms with van der Waals surface area (Å²) in [5.41, 5.74) is 3.59. The van der Waals surface area contributed by atoms with Gasteiger partial charge < -0.3 is 5.11 Å². The normalized spacial score (nSPS) is 12.9. The highest BCUT2D eigenvalue weighted by molar-refractivity contribution is 5.93. The van der Waals surface area contributed by atoms with Crippen LogP contribution in [0.2, 0.25) is 0 Å². The lowest BCUT2D eigenvalue weighted by Gasteiger charge is -2.06. The van der Waals surface area contributed by atoms with Crippen molar-refractivity contribution in [2.24, 2.45) is 4.99 Å². The van der Waals surface area contributed by atoms with E-state index in [2.05, 4.69) is 4.99 Å². The van der Waals surface area contributed by atoms with E-state index in [0.717, 1.165) is 17.5 Å². The fourth-order valence-corrected chi connectivity index (χ4v) is 1.74. The van der Waals surface area contributed by atoms with Crippen molar-refractivity contribution in [2.75, 3.05) is 0 Å². The molecule has 0 radical (unpaired) electrons. The molecule has 3 heteroatoms. The Bertz CT molecular complexity index is 422. The van der Waals surface area contributed by atoms with Crippen molar-refractivity contribution in [3.8, 4) is 0 Å². The number of hydrogen-bond acceptors (Lipinski definition) is 2. The predicted octanol–water partition coefficient (Wildman–Crippen LogP) is 1.88. The number of aromatic carboxylic acids is 1. The first-order valence-corrected chi connectivity index (χ1v) is 4.61. The van der Waals surface area contributed by atoms with Gasteiger partial charge in [-0.15, -0.1) is 0 Å². The smallest absolute Gasteiger partial charge is 0.335 e. The molecule has 0 aliphatic carbocycles. The molecule has 72 valence electrons. The highest BCUT2D eigenvalue weighted by Crippen LogP contribution is 2.22. The maximum absolute atomic E-state index is 10.8. The van der Waals surface area contributed by atoms with Gasteiger partial charge in [0.2, 0.25) is 0 Å². The number of aryl methyl sites for hydroxylation is 1. The Morgan fingerprint density at radius 1 is 1.57 bits per heavy atom. The summed E-state index contributed by atoms with van der Waals surface area (Å²) in [7, 11) is 0. The van der Waals surface area contributed by atoms with Crippen molar-refractivity contribution in [1.82, 2.24) is 0 Å². The fraction of sp³-hybridized carbons (Fsp3) is 0.273. The van der Waals surface area contributed by atoms with Crippen LogP contribution in [0.1, 0.15) is 34.0 Å². The second-order valence-electron chi connectivity index (χ2n) is 3.33. The average molecular weight is 189 g/mol. The lowest BCUT2D eigenvalue weighted by molar-refractivity contribution is 0.0696. The minimum atomic E-state index is -0.872. The molecule has 1 N–H and O–H groups in total. The summed E-state index contributed by atoms with van der Waals surface area (Å²) in [6, 6.07) is 3.43. The van der Waals surface area contributed by atoms with E-state index in [-0.39, 0.29) is 0 Å². The number of hydrogen-bond donors (Lipinski definition) is 1. The molecule has 0 fully saturated rings. The second kappa shape index (κ2) is 3.25. The number of carboxylic acid groups (broad SMARTS) is 1. The highest BCUT2D eigenvalue weighted by Gasteiger charge is 2.14. The van der Waals surface area contributed by atoms with Crippen LogP contribution in [0.15, 0.2) is 17.1 Å². The lowest BCUT2D eigenvalue weighted by atomic mass is 9.98. The van der Waals surface area contributed by atoms with Gasteiger partial charge in [-0.3, -0.25) is 4.99 Å². The molecule has 0 spiro atoms. The van der Waals surface area contributed by atoms with Crippen LogP contribution in [0, 0.1) is 0 Å². The van der Waals surface area contributed by atoms with E-state index in [4.69, 9.17) is 5.11 Å². The largest absolute Gasteiger partial charge is 0.478 e. The zero-order chi connectivity index (χ0) is 10.1. The molecule has 1 aliphatic heterocycles. The van der Waals surface area contributed by atoms with E-state index < -0.39 is 5.97 Å². The third kappa shape index (κ3) is 1.31. The van der Waals surface area contributed by atoms with E-state index >= 15 is 0 Å². The Morgan fingerprint density at radius 3 is 3.00 bits per heavy atom. The number of aliphatic imine (C=N–C) groups is 1. The van der Waals surface area contributed by atoms with Gasteiger partial charge >= 0.3 is 5.97 Å². The Kier molecular flexibility index (Phi) is 2.08. The summed E-state index contributed by atoms with van der Waals surface area (Å²) in [6.45, 7) is 2.72. The molecule has 2 rings (SSSR count). The lowest BCUT2D eigenvalue weighted by Crippen LogP contribution is -2.02. The summed E-state index contributed by atoms with van der Waals surface area (Å²) in [6.07, 6.45) is 2.60. The summed E-state index contributed by atoms with van der Waals surface area (Å²) in [5, 5.41) is 8.89. The Balaban J connectivity index is 2.58. The van der Waals surface area contributed by atoms with Crippen molar-refractivity contribution in [3.63, 3.8) is 0 Å². The van der Waals surface area contributed by atoms with Crippen LogP contribution in [0.3, 0.4) is 0 Å². The molecule has 14 heavy (non-hydrogen) atoms. The van der Waals surface area contributed by atoms with Crippen LogP contribution in [0.5, 0.6) is 0 Å². The van der Waals surface area contributed by atoms with Gasteiger partial charge in [-0.25, -0.2) is 4.79 Å². The molecular weight excluding hydrogens is 178 g/mol. The molecule has 1 aromatic rings. The Labute approximate surface area is 82.1 Å². The molecule has 1 aliphatic rings. The third-order valence-electron chi connectivity index (χ3n) is 2.48. The van der Waals surface area contributed by atoms with Gasteiger partial charge in [0.1, 0.15) is 0 Å². The summed E-state index contributed by atoms with van der Waals surface area (Å²) in [5.74, 6) is -0.872. The first kappa shape index (κ1) is 8.94. The summed E-state index contributed by atoms with van der Waals surface area (Å²) < 4.78 is 0. The molecule has 0 aromatic heterocycles. The monoisotopic (exact) mass is 189 g/mol. The molecule has 0 amide bonds. The standard InChI is InChI=1S/C11H11NO2/c1-2-7-3-8(11(13)14)4-9-5-12-6-10(7)9/h3-5H,2,6H2,1H3,(H,13,14). The van der Waals surface area contributed by atoms with Gasteiger partial charge in [0.25, 0.3) is 0 Å². The average Bonchev–Trinajstić information content (AvgIpc) is 2.63. The first-order chi connectivity index (χ1) is 6.72. The molecule has 0 atom stereocenters. The van der Waals surface area contributed by atoms with E-state index in [1.54, 1.807) is 18.3 Å². The number of rotatable bonds is 2. The number of nitrogens with zero attached hydrogens (tertiary/aromatic N) is 1. The molecule has 1 aromatic carbocycles. The minimum Gasteiger partial charge on any atom is -0.478 e. The Hall–Kier alpha value is -1.64. The van der Waals surface area contributed by atoms with Crippen LogP contribution < -0.4 is 0 Å². The van der Waals surface area contributed by atoms with Crippen LogP contribution in [-0.4, -0.2) is 17.3 Å². The van der Waals surface area contributed by atoms with Crippen molar-refractivity contribution >= 4 is 12.2 Å². The van der Waals surface area contributed by atoms with E-state index in [1.807, 2.05) is 6.92 Å². The fourth-order valence-electron chi connectivity index (χ4n) is 1.74. The zero-order valence-corrected chi connectivity index (χ0v) is 7.95. The van der Waals surface area contributed by atoms with Crippen molar-refractivity contribution in [1.29, 1.82) is 0 Å². The van der Waals surface area contributed by atoms with E-state index in [0.29, 0.717) is 12.1 Å². The minimum absolute atomic E-state index is 0.356. The molecule has 0 bridgehead atoms. The van der Waals surface area contributed by atoms with E-state index in [9.17, 15) is 4.79 Å². The number of benzene rings is 1. The molecule has 3 nitrogen and oxygen atoms in total. The molecule has 0 saturated carbocycles. The SMILES string of the molecule is CCc1cc(C(=O)O)cc2c1CN=C2. The summed E-state index contributed by atoms with van der Waals surface area (Å²) >= 11 is 0. The van der Waals surface area contributed by atoms with Gasteiger partial charge in [0.05, 0.1) is 12.1 Å². The van der Waals surface area contributed by atoms with Crippen molar-refractivity contribution in [3.05, 3.63) is 34.4 Å². The maximum Gasteiger partial charge on any atom is 0.335 e. The van der Waals surface area contributed by atoms with Gasteiger partial charge in [-0.05, 0) is 35.2 Å². The first-order valence-electron chi connectivity index (χ1n) is 4.61. The third-order valence-corrected chi connectivity index (χ3v) is 2.48. The van der Waals surface area contributed by atoms with Crippen LogP contribution in [0.4, 0.5) is 0 Å². The highest BCUT2D eigenvalue weighted by atomic mass is 16.4. The van der Waals surface area contributed by atoms with Gasteiger partial charge in [0, 0.05) is 6.21 Å². The van der Waals surface area contributed by atoms with Crippen molar-refractivity contribution < 1.29 is 9.90 Å². The molecular formula is C11H11NO2. The van der Waals surface area contributed by atoms with Gasteiger partial charge in [-0.1, -0.05) is 6.92 Å². The molecule has 1 heterocycles. The quantitative estimate of drug-likeness (QED) is 0.772. The van der Waals surface area contributed by atoms with Crippen molar-refractivity contribution in [2.45, 2.75) is 19.9 Å². The topological polar surface area (TPSA) is 49.7 Å². The van der Waals surface area contributed by atoms with Gasteiger partial charge in [-0.2, -0.15) is 0 Å². The van der Waals surface area contributed by atoms with Crippen LogP contribution in [-0.2, 0) is 13.0 Å².